The molecule has 8 fully saturated rings. The number of hydrogen-bond donors (Lipinski definition) is 6. The standard InChI is InChI=1S/C14H18O6S.C13H15N3O3.C13H16O4.C6H11N3O3.C6H13NO3/c1-21(15,16)20-11-7-12-13(17-8-11)9-18-14(19-12)10-5-3-2-4-6-10;14-16-15-10-6-11-12(17-7-10)8-18-13(19-11)9-4-2-1-3-5-9;14-10-6-11-12(15-7-10)8-16-13(17-11)9-4-2-1-3-5-9;7-9-8-4-1-5(11)6(2-10)12-3-4;7-4-1-5(9)6(2-8)10-3-4/h2-6,11-14H,7-9H2,1H3;1-5,10-13H,6-8H2;1-5,10-14H,6-8H2;4-6,10-11H,1-3H2;4-6,8-9H,1-3,7H2/t11-,12-,13+,14?;10-,11+,12-,13?;10-,11-,12+,13?;2*4-,5+,6-/m01011/s1. The van der Waals surface area contributed by atoms with Crippen LogP contribution in [0.4, 0.5) is 0 Å². The van der Waals surface area contributed by atoms with Crippen molar-refractivity contribution in [3.8, 4) is 0 Å². The molecule has 0 bridgehead atoms. The molecule has 3 aromatic rings. The largest absolute Gasteiger partial charge is 0.394 e. The highest BCUT2D eigenvalue weighted by Gasteiger charge is 2.42. The summed E-state index contributed by atoms with van der Waals surface area (Å²) in [6, 6.07) is 28.7. The van der Waals surface area contributed by atoms with E-state index in [0.29, 0.717) is 71.7 Å². The molecule has 0 radical (unpaired) electrons. The Kier molecular flexibility index (Phi) is 24.9. The van der Waals surface area contributed by atoms with E-state index in [0.717, 1.165) is 22.9 Å². The van der Waals surface area contributed by atoms with Gasteiger partial charge < -0.3 is 83.4 Å². The highest BCUT2D eigenvalue weighted by atomic mass is 32.2. The summed E-state index contributed by atoms with van der Waals surface area (Å²) in [5.41, 5.74) is 25.0. The number of aliphatic hydroxyl groups excluding tert-OH is 5. The maximum absolute atomic E-state index is 11.2. The molecule has 7 N–H and O–H groups in total. The van der Waals surface area contributed by atoms with Gasteiger partial charge in [0.2, 0.25) is 0 Å². The highest BCUT2D eigenvalue weighted by Crippen LogP contribution is 2.35. The number of azide groups is 2. The van der Waals surface area contributed by atoms with Gasteiger partial charge in [-0.15, -0.1) is 0 Å². The molecule has 3 unspecified atom stereocenters. The number of rotatable bonds is 9. The van der Waals surface area contributed by atoms with Crippen LogP contribution >= 0.6 is 0 Å². The van der Waals surface area contributed by atoms with Gasteiger partial charge in [0.15, 0.2) is 18.9 Å². The minimum Gasteiger partial charge on any atom is -0.394 e. The van der Waals surface area contributed by atoms with Crippen LogP contribution in [-0.4, -0.2) is 198 Å². The average Bonchev–Trinajstić information content (AvgIpc) is 3.53. The van der Waals surface area contributed by atoms with Gasteiger partial charge in [0, 0.05) is 45.4 Å². The lowest BCUT2D eigenvalue weighted by molar-refractivity contribution is -0.288. The molecule has 8 aliphatic rings. The smallest absolute Gasteiger partial charge is 0.264 e. The van der Waals surface area contributed by atoms with Crippen LogP contribution in [0.5, 0.6) is 0 Å². The molecular formula is C52H73N7O19S. The van der Waals surface area contributed by atoms with Crippen LogP contribution in [-0.2, 0) is 66.4 Å². The molecule has 8 saturated heterocycles. The first-order valence-corrected chi connectivity index (χ1v) is 28.1. The summed E-state index contributed by atoms with van der Waals surface area (Å²) < 4.78 is 88.8. The SMILES string of the molecule is CS(=O)(=O)O[C@@H]1CO[C@@H]2COC(c3ccccc3)O[C@H]2C1.N[C@H]1CO[C@H](CO)[C@@H](O)C1.O[C@@H]1CO[C@@H]2COC(c3ccccc3)O[C@H]2C1.[N-]=[N+]=N[C@H]1CO[C@@H]2COC(c3ccccc3)O[C@H]2C1.[N-]=[N+]=N[C@H]1CO[C@H](CO)[C@@H](O)C1. The number of nitrogens with two attached hydrogens (primary N) is 1. The van der Waals surface area contributed by atoms with Crippen molar-refractivity contribution < 1.29 is 90.2 Å². The first-order valence-electron chi connectivity index (χ1n) is 26.2. The van der Waals surface area contributed by atoms with Crippen LogP contribution in [0, 0.1) is 0 Å². The summed E-state index contributed by atoms with van der Waals surface area (Å²) in [6.07, 6.45) is -1.36. The van der Waals surface area contributed by atoms with Gasteiger partial charge in [0.25, 0.3) is 10.1 Å². The molecule has 18 atom stereocenters. The number of ether oxygens (including phenoxy) is 11. The number of aliphatic hydroxyl groups is 5. The van der Waals surface area contributed by atoms with Gasteiger partial charge in [-0.05, 0) is 30.3 Å². The number of hydrogen-bond acceptors (Lipinski definition) is 22. The minimum atomic E-state index is -3.49. The monoisotopic (exact) mass is 1130 g/mol. The molecule has 8 aliphatic heterocycles. The van der Waals surface area contributed by atoms with Crippen LogP contribution in [0.15, 0.2) is 101 Å². The van der Waals surface area contributed by atoms with Gasteiger partial charge in [-0.3, -0.25) is 4.18 Å². The third-order valence-electron chi connectivity index (χ3n) is 13.6. The van der Waals surface area contributed by atoms with Gasteiger partial charge >= 0.3 is 0 Å². The van der Waals surface area contributed by atoms with E-state index in [2.05, 4.69) is 20.1 Å². The normalized spacial score (nSPS) is 35.8. The van der Waals surface area contributed by atoms with Crippen molar-refractivity contribution in [2.45, 2.75) is 142 Å². The second-order valence-electron chi connectivity index (χ2n) is 19.8. The van der Waals surface area contributed by atoms with E-state index in [1.54, 1.807) is 0 Å². The molecule has 27 heteroatoms. The summed E-state index contributed by atoms with van der Waals surface area (Å²) in [7, 11) is -3.49. The predicted molar refractivity (Wildman–Crippen MR) is 278 cm³/mol. The van der Waals surface area contributed by atoms with Crippen LogP contribution in [0.25, 0.3) is 20.9 Å². The fourth-order valence-electron chi connectivity index (χ4n) is 9.57. The Bertz CT molecular complexity index is 2460. The molecule has 0 amide bonds. The zero-order chi connectivity index (χ0) is 56.2. The summed E-state index contributed by atoms with van der Waals surface area (Å²) in [5.74, 6) is 0. The fourth-order valence-corrected chi connectivity index (χ4v) is 10.2. The van der Waals surface area contributed by atoms with Crippen molar-refractivity contribution in [3.63, 3.8) is 0 Å². The second kappa shape index (κ2) is 31.6. The molecule has 0 aromatic heterocycles. The molecule has 3 aromatic carbocycles. The van der Waals surface area contributed by atoms with Gasteiger partial charge in [-0.1, -0.05) is 101 Å². The van der Waals surface area contributed by atoms with E-state index >= 15 is 0 Å². The lowest BCUT2D eigenvalue weighted by Gasteiger charge is -2.41. The Labute approximate surface area is 458 Å². The summed E-state index contributed by atoms with van der Waals surface area (Å²) in [6.45, 7) is 2.88. The van der Waals surface area contributed by atoms with E-state index in [9.17, 15) is 23.7 Å². The van der Waals surface area contributed by atoms with E-state index in [-0.39, 0.29) is 93.8 Å². The molecule has 26 nitrogen and oxygen atoms in total. The molecule has 0 aliphatic carbocycles. The van der Waals surface area contributed by atoms with E-state index in [4.69, 9.17) is 83.3 Å². The Morgan fingerprint density at radius 3 is 1.37 bits per heavy atom. The third-order valence-corrected chi connectivity index (χ3v) is 14.3. The first-order chi connectivity index (χ1) is 38.2. The molecule has 436 valence electrons. The number of fused-ring (bicyclic) bond motifs is 3. The number of benzene rings is 3. The lowest BCUT2D eigenvalue weighted by atomic mass is 10.0. The zero-order valence-electron chi connectivity index (χ0n) is 43.8. The fraction of sp³-hybridized carbons (Fsp3) is 0.654. The predicted octanol–water partition coefficient (Wildman–Crippen LogP) is 3.32. The van der Waals surface area contributed by atoms with E-state index < -0.39 is 53.0 Å². The van der Waals surface area contributed by atoms with Crippen LogP contribution in [0.1, 0.15) is 67.7 Å². The van der Waals surface area contributed by atoms with E-state index in [1.807, 2.05) is 91.0 Å². The maximum atomic E-state index is 11.2. The summed E-state index contributed by atoms with van der Waals surface area (Å²) >= 11 is 0. The summed E-state index contributed by atoms with van der Waals surface area (Å²) in [5, 5.41) is 52.5. The Hall–Kier alpha value is -4.49. The molecule has 11 rings (SSSR count). The van der Waals surface area contributed by atoms with Gasteiger partial charge in [0.1, 0.15) is 36.6 Å². The molecular weight excluding hydrogens is 1060 g/mol. The van der Waals surface area contributed by atoms with Crippen LogP contribution < -0.4 is 5.73 Å². The molecule has 79 heavy (non-hydrogen) atoms. The van der Waals surface area contributed by atoms with Gasteiger partial charge in [0.05, 0.1) is 121 Å². The maximum Gasteiger partial charge on any atom is 0.264 e. The van der Waals surface area contributed by atoms with Gasteiger partial charge in [-0.2, -0.15) is 8.42 Å². The van der Waals surface area contributed by atoms with Crippen LogP contribution in [0.2, 0.25) is 0 Å². The lowest BCUT2D eigenvalue weighted by Crippen LogP contribution is -2.50. The molecule has 0 saturated carbocycles. The van der Waals surface area contributed by atoms with Crippen molar-refractivity contribution in [3.05, 3.63) is 129 Å². The topological polar surface area (TPSA) is 370 Å². The van der Waals surface area contributed by atoms with Crippen molar-refractivity contribution in [2.24, 2.45) is 16.0 Å². The Morgan fingerprint density at radius 2 is 0.924 bits per heavy atom. The van der Waals surface area contributed by atoms with Crippen molar-refractivity contribution in [2.75, 3.05) is 72.3 Å². The zero-order valence-corrected chi connectivity index (χ0v) is 44.6. The average molecular weight is 1130 g/mol. The molecule has 8 heterocycles. The van der Waals surface area contributed by atoms with Crippen molar-refractivity contribution in [1.29, 1.82) is 0 Å². The second-order valence-corrected chi connectivity index (χ2v) is 21.4. The number of nitrogens with zero attached hydrogens (tertiary/aromatic N) is 6. The van der Waals surface area contributed by atoms with Crippen molar-refractivity contribution >= 4 is 10.1 Å². The molecule has 0 spiro atoms. The van der Waals surface area contributed by atoms with Gasteiger partial charge in [-0.25, -0.2) is 0 Å². The summed E-state index contributed by atoms with van der Waals surface area (Å²) in [4.78, 5) is 5.45. The first kappa shape index (κ1) is 62.1. The Balaban J connectivity index is 0.000000146. The third kappa shape index (κ3) is 19.6. The van der Waals surface area contributed by atoms with E-state index in [1.165, 1.54) is 0 Å². The minimum absolute atomic E-state index is 0.0432. The quantitative estimate of drug-likeness (QED) is 0.0774. The van der Waals surface area contributed by atoms with Crippen molar-refractivity contribution in [1.82, 2.24) is 0 Å². The Morgan fingerprint density at radius 1 is 0.519 bits per heavy atom. The van der Waals surface area contributed by atoms with Crippen LogP contribution in [0.3, 0.4) is 0 Å². The highest BCUT2D eigenvalue weighted by molar-refractivity contribution is 7.86.